The van der Waals surface area contributed by atoms with Crippen LogP contribution in [0.2, 0.25) is 0 Å². The van der Waals surface area contributed by atoms with Crippen LogP contribution < -0.4 is 10.6 Å². The normalized spacial score (nSPS) is 19.9. The summed E-state index contributed by atoms with van der Waals surface area (Å²) in [4.78, 5) is 71.8. The molecule has 0 saturated carbocycles. The van der Waals surface area contributed by atoms with E-state index in [1.54, 1.807) is 0 Å². The molecule has 0 aliphatic carbocycles. The maximum atomic E-state index is 12.6. The molecule has 0 aromatic heterocycles. The van der Waals surface area contributed by atoms with Crippen LogP contribution in [-0.2, 0) is 33.4 Å². The Morgan fingerprint density at radius 2 is 1.86 bits per heavy atom. The lowest BCUT2D eigenvalue weighted by Gasteiger charge is -2.49. The Kier molecular flexibility index (Phi) is 9.92. The van der Waals surface area contributed by atoms with Gasteiger partial charge in [0.15, 0.2) is 0 Å². The molecule has 2 rings (SSSR count). The predicted octanol–water partition coefficient (Wildman–Crippen LogP) is 0.294. The molecule has 0 spiro atoms. The molecule has 2 unspecified atom stereocenters. The highest BCUT2D eigenvalue weighted by atomic mass is 32.2. The molecule has 13 nitrogen and oxygen atoms in total. The van der Waals surface area contributed by atoms with Gasteiger partial charge < -0.3 is 30.3 Å². The zero-order valence-electron chi connectivity index (χ0n) is 19.6. The summed E-state index contributed by atoms with van der Waals surface area (Å²) < 4.78 is 9.77. The molecule has 0 radical (unpaired) electrons. The van der Waals surface area contributed by atoms with Crippen molar-refractivity contribution in [2.75, 3.05) is 19.0 Å². The summed E-state index contributed by atoms with van der Waals surface area (Å²) in [7, 11) is 0. The molecule has 2 heterocycles. The first-order valence-electron chi connectivity index (χ1n) is 10.9. The number of nitrogens with one attached hydrogen (secondary N) is 2. The number of carboxylic acid groups (broad SMARTS) is 2. The van der Waals surface area contributed by atoms with E-state index in [2.05, 4.69) is 10.6 Å². The number of amides is 3. The smallest absolute Gasteiger partial charge is 0.407 e. The Hall–Kier alpha value is -3.29. The van der Waals surface area contributed by atoms with Crippen molar-refractivity contribution in [1.29, 1.82) is 0 Å². The summed E-state index contributed by atoms with van der Waals surface area (Å²) in [5.74, 6) is -4.02. The second-order valence-corrected chi connectivity index (χ2v) is 9.52. The monoisotopic (exact) mass is 515 g/mol. The van der Waals surface area contributed by atoms with Crippen molar-refractivity contribution >= 4 is 47.6 Å². The topological polar surface area (TPSA) is 189 Å². The van der Waals surface area contributed by atoms with Gasteiger partial charge in [-0.15, -0.1) is 11.8 Å². The third-order valence-corrected chi connectivity index (χ3v) is 6.39. The molecule has 194 valence electrons. The highest BCUT2D eigenvalue weighted by molar-refractivity contribution is 8.00. The van der Waals surface area contributed by atoms with Crippen LogP contribution in [-0.4, -0.2) is 87.4 Å². The van der Waals surface area contributed by atoms with E-state index in [4.69, 9.17) is 9.47 Å². The maximum absolute atomic E-state index is 12.6. The Morgan fingerprint density at radius 3 is 2.43 bits per heavy atom. The molecule has 0 aromatic carbocycles. The summed E-state index contributed by atoms with van der Waals surface area (Å²) in [6.07, 6.45) is -0.885. The number of aliphatic carboxylic acids is 2. The molecule has 2 aliphatic rings. The van der Waals surface area contributed by atoms with Gasteiger partial charge in [0, 0.05) is 24.7 Å². The van der Waals surface area contributed by atoms with Crippen molar-refractivity contribution in [3.8, 4) is 0 Å². The molecule has 14 heteroatoms. The third kappa shape index (κ3) is 7.60. The summed E-state index contributed by atoms with van der Waals surface area (Å²) in [5.41, 5.74) is 0.0245. The Morgan fingerprint density at radius 1 is 1.17 bits per heavy atom. The number of carbonyl (C=O) groups excluding carboxylic acids is 4. The van der Waals surface area contributed by atoms with Gasteiger partial charge in [-0.2, -0.15) is 0 Å². The molecule has 2 aliphatic heterocycles. The number of carbonyl (C=O) groups is 6. The van der Waals surface area contributed by atoms with E-state index in [1.165, 1.54) is 18.7 Å². The Balaban J connectivity index is 1.87. The molecule has 1 fully saturated rings. The fourth-order valence-corrected chi connectivity index (χ4v) is 4.71. The molecular weight excluding hydrogens is 486 g/mol. The molecular formula is C21H29N3O10S. The van der Waals surface area contributed by atoms with Crippen LogP contribution in [0.5, 0.6) is 0 Å². The highest BCUT2D eigenvalue weighted by Gasteiger charge is 2.54. The van der Waals surface area contributed by atoms with Gasteiger partial charge in [0.1, 0.15) is 29.8 Å². The van der Waals surface area contributed by atoms with Gasteiger partial charge in [0.2, 0.25) is 5.91 Å². The number of rotatable bonds is 12. The zero-order valence-corrected chi connectivity index (χ0v) is 20.4. The first-order chi connectivity index (χ1) is 16.4. The van der Waals surface area contributed by atoms with E-state index in [0.717, 1.165) is 4.90 Å². The number of fused-ring (bicyclic) bond motifs is 1. The fourth-order valence-electron chi connectivity index (χ4n) is 3.38. The van der Waals surface area contributed by atoms with Gasteiger partial charge in [-0.25, -0.2) is 14.4 Å². The SMILES string of the molecule is CC(=O)OCC1=C(C(=O)O)N2C(=O)C(NC(=O)CCC[C@@H](NC(=O)OCC(C)C)C(=O)O)C2SC1. The van der Waals surface area contributed by atoms with Gasteiger partial charge in [-0.1, -0.05) is 13.8 Å². The van der Waals surface area contributed by atoms with Crippen molar-refractivity contribution in [2.45, 2.75) is 57.5 Å². The minimum atomic E-state index is -1.34. The number of hydrogen-bond acceptors (Lipinski definition) is 9. The first-order valence-corrected chi connectivity index (χ1v) is 12.0. The number of hydrogen-bond donors (Lipinski definition) is 4. The second kappa shape index (κ2) is 12.4. The van der Waals surface area contributed by atoms with E-state index in [1.807, 2.05) is 13.8 Å². The minimum absolute atomic E-state index is 0.0339. The number of alkyl carbamates (subject to hydrolysis) is 1. The van der Waals surface area contributed by atoms with Gasteiger partial charge in [0.05, 0.1) is 6.61 Å². The first kappa shape index (κ1) is 28.0. The van der Waals surface area contributed by atoms with Crippen molar-refractivity contribution in [3.05, 3.63) is 11.3 Å². The van der Waals surface area contributed by atoms with Gasteiger partial charge in [0.25, 0.3) is 5.91 Å². The molecule has 4 N–H and O–H groups in total. The van der Waals surface area contributed by atoms with Crippen molar-refractivity contribution in [2.24, 2.45) is 5.92 Å². The number of esters is 1. The number of thioether (sulfide) groups is 1. The number of β-lactam (4-membered cyclic amide) rings is 1. The molecule has 3 atom stereocenters. The lowest BCUT2D eigenvalue weighted by atomic mass is 10.0. The molecule has 3 amide bonds. The van der Waals surface area contributed by atoms with E-state index in [-0.39, 0.29) is 55.4 Å². The van der Waals surface area contributed by atoms with Crippen molar-refractivity contribution in [3.63, 3.8) is 0 Å². The number of carboxylic acids is 2. The lowest BCUT2D eigenvalue weighted by molar-refractivity contribution is -0.151. The summed E-state index contributed by atoms with van der Waals surface area (Å²) in [5, 5.41) is 23.0. The molecule has 0 aromatic rings. The van der Waals surface area contributed by atoms with E-state index in [9.17, 15) is 39.0 Å². The average molecular weight is 516 g/mol. The predicted molar refractivity (Wildman–Crippen MR) is 121 cm³/mol. The van der Waals surface area contributed by atoms with Gasteiger partial charge in [-0.05, 0) is 18.8 Å². The molecule has 1 saturated heterocycles. The average Bonchev–Trinajstić information content (AvgIpc) is 2.78. The fraction of sp³-hybridized carbons (Fsp3) is 0.619. The quantitative estimate of drug-likeness (QED) is 0.207. The van der Waals surface area contributed by atoms with Crippen LogP contribution in [0, 0.1) is 5.92 Å². The molecule has 35 heavy (non-hydrogen) atoms. The largest absolute Gasteiger partial charge is 0.480 e. The van der Waals surface area contributed by atoms with E-state index >= 15 is 0 Å². The Labute approximate surface area is 205 Å². The van der Waals surface area contributed by atoms with Crippen LogP contribution in [0.15, 0.2) is 11.3 Å². The van der Waals surface area contributed by atoms with E-state index in [0.29, 0.717) is 0 Å². The van der Waals surface area contributed by atoms with E-state index < -0.39 is 53.3 Å². The Bertz CT molecular complexity index is 919. The van der Waals surface area contributed by atoms with Crippen LogP contribution in [0.3, 0.4) is 0 Å². The number of ether oxygens (including phenoxy) is 2. The van der Waals surface area contributed by atoms with Crippen LogP contribution in [0.25, 0.3) is 0 Å². The summed E-state index contributed by atoms with van der Waals surface area (Å²) in [6, 6.07) is -2.17. The standard InChI is InChI=1S/C21H29N3O10S/c1-10(2)7-34-21(32)22-13(19(28)29)5-4-6-14(26)23-15-17(27)24-16(20(30)31)12(8-33-11(3)25)9-35-18(15)24/h10,13,15,18H,4-9H2,1-3H3,(H,22,32)(H,23,26)(H,28,29)(H,30,31)/t13-,15?,18?/m1/s1. The second-order valence-electron chi connectivity index (χ2n) is 8.41. The zero-order chi connectivity index (χ0) is 26.3. The maximum Gasteiger partial charge on any atom is 0.407 e. The van der Waals surface area contributed by atoms with Gasteiger partial charge >= 0.3 is 24.0 Å². The lowest BCUT2D eigenvalue weighted by Crippen LogP contribution is -2.70. The third-order valence-electron chi connectivity index (χ3n) is 5.05. The summed E-state index contributed by atoms with van der Waals surface area (Å²) in [6.45, 7) is 4.74. The molecule has 0 bridgehead atoms. The highest BCUT2D eigenvalue weighted by Crippen LogP contribution is 2.40. The summed E-state index contributed by atoms with van der Waals surface area (Å²) >= 11 is 1.23. The van der Waals surface area contributed by atoms with Crippen LogP contribution in [0.4, 0.5) is 4.79 Å². The minimum Gasteiger partial charge on any atom is -0.480 e. The van der Waals surface area contributed by atoms with Gasteiger partial charge in [-0.3, -0.25) is 19.3 Å². The van der Waals surface area contributed by atoms with Crippen LogP contribution in [0.1, 0.15) is 40.0 Å². The number of nitrogens with zero attached hydrogens (tertiary/aromatic N) is 1. The van der Waals surface area contributed by atoms with Crippen LogP contribution >= 0.6 is 11.8 Å². The van der Waals surface area contributed by atoms with Crippen molar-refractivity contribution < 1.29 is 48.5 Å². The van der Waals surface area contributed by atoms with Crippen molar-refractivity contribution in [1.82, 2.24) is 15.5 Å².